The van der Waals surface area contributed by atoms with Gasteiger partial charge in [-0.15, -0.1) is 0 Å². The van der Waals surface area contributed by atoms with Gasteiger partial charge in [-0.05, 0) is 0 Å². The largest absolute Gasteiger partial charge is 0.381 e. The summed E-state index contributed by atoms with van der Waals surface area (Å²) in [5, 5.41) is 0. The highest BCUT2D eigenvalue weighted by molar-refractivity contribution is 5.35. The van der Waals surface area contributed by atoms with Gasteiger partial charge in [0.1, 0.15) is 0 Å². The highest BCUT2D eigenvalue weighted by atomic mass is 19.3. The number of anilines is 1. The minimum Gasteiger partial charge on any atom is -0.381 e. The van der Waals surface area contributed by atoms with E-state index in [9.17, 15) is 17.6 Å². The third kappa shape index (κ3) is 1.46. The van der Waals surface area contributed by atoms with Gasteiger partial charge in [-0.25, -0.2) is 13.2 Å². The fourth-order valence-electron chi connectivity index (χ4n) is 0.695. The Labute approximate surface area is 65.0 Å². The lowest BCUT2D eigenvalue weighted by molar-refractivity contribution is 0.145. The molecule has 0 aliphatic rings. The Morgan fingerprint density at radius 2 is 1.92 bits per heavy atom. The third-order valence-corrected chi connectivity index (χ3v) is 1.22. The van der Waals surface area contributed by atoms with Crippen molar-refractivity contribution in [2.24, 2.45) is 0 Å². The molecule has 1 rings (SSSR count). The van der Waals surface area contributed by atoms with Crippen molar-refractivity contribution < 1.29 is 17.6 Å². The molecule has 0 spiro atoms. The fraction of sp³-hybridized carbons (Fsp3) is 0.167. The van der Waals surface area contributed by atoms with E-state index in [1.165, 1.54) is 0 Å². The van der Waals surface area contributed by atoms with Crippen LogP contribution in [0.5, 0.6) is 0 Å². The molecule has 0 atom stereocenters. The molecule has 0 aliphatic heterocycles. The predicted octanol–water partition coefficient (Wildman–Crippen LogP) is 1.88. The second-order valence-corrected chi connectivity index (χ2v) is 2.03. The van der Waals surface area contributed by atoms with Crippen LogP contribution in [0.15, 0.2) is 6.07 Å². The molecule has 2 nitrogen and oxygen atoms in total. The van der Waals surface area contributed by atoms with E-state index in [0.717, 1.165) is 0 Å². The van der Waals surface area contributed by atoms with Crippen molar-refractivity contribution in [1.29, 1.82) is 0 Å². The number of nitrogens with zero attached hydrogens (tertiary/aromatic N) is 1. The van der Waals surface area contributed by atoms with E-state index in [2.05, 4.69) is 4.98 Å². The Hall–Kier alpha value is -1.33. The summed E-state index contributed by atoms with van der Waals surface area (Å²) in [6, 6.07) is 0.316. The molecule has 1 aromatic rings. The summed E-state index contributed by atoms with van der Waals surface area (Å²) in [7, 11) is 0. The Morgan fingerprint density at radius 3 is 2.42 bits per heavy atom. The first-order valence-corrected chi connectivity index (χ1v) is 2.92. The summed E-state index contributed by atoms with van der Waals surface area (Å²) >= 11 is 0. The first-order chi connectivity index (χ1) is 5.52. The lowest BCUT2D eigenvalue weighted by atomic mass is 10.2. The molecule has 1 aromatic heterocycles. The van der Waals surface area contributed by atoms with Crippen LogP contribution in [0.3, 0.4) is 0 Å². The van der Waals surface area contributed by atoms with E-state index in [1.54, 1.807) is 0 Å². The zero-order valence-corrected chi connectivity index (χ0v) is 5.69. The molecule has 0 saturated heterocycles. The number of rotatable bonds is 1. The van der Waals surface area contributed by atoms with Crippen molar-refractivity contribution in [1.82, 2.24) is 4.98 Å². The van der Waals surface area contributed by atoms with Crippen LogP contribution >= 0.6 is 0 Å². The second-order valence-electron chi connectivity index (χ2n) is 2.03. The van der Waals surface area contributed by atoms with E-state index in [0.29, 0.717) is 6.07 Å². The Morgan fingerprint density at radius 1 is 1.33 bits per heavy atom. The van der Waals surface area contributed by atoms with Crippen LogP contribution in [-0.2, 0) is 0 Å². The van der Waals surface area contributed by atoms with Gasteiger partial charge in [0.05, 0.1) is 5.56 Å². The van der Waals surface area contributed by atoms with Gasteiger partial charge in [0.25, 0.3) is 6.43 Å². The van der Waals surface area contributed by atoms with Gasteiger partial charge < -0.3 is 5.73 Å². The Kier molecular flexibility index (Phi) is 2.16. The average molecular weight is 180 g/mol. The summed E-state index contributed by atoms with van der Waals surface area (Å²) in [4.78, 5) is 2.82. The van der Waals surface area contributed by atoms with Gasteiger partial charge in [0.2, 0.25) is 5.95 Å². The number of pyridine rings is 1. The lowest BCUT2D eigenvalue weighted by Crippen LogP contribution is -2.02. The van der Waals surface area contributed by atoms with Gasteiger partial charge in [0.15, 0.2) is 11.6 Å². The van der Waals surface area contributed by atoms with Crippen LogP contribution in [0.2, 0.25) is 0 Å². The van der Waals surface area contributed by atoms with Gasteiger partial charge in [-0.1, -0.05) is 0 Å². The van der Waals surface area contributed by atoms with Crippen LogP contribution in [-0.4, -0.2) is 4.98 Å². The Bertz CT molecular complexity index is 300. The van der Waals surface area contributed by atoms with Crippen molar-refractivity contribution in [2.75, 3.05) is 5.73 Å². The van der Waals surface area contributed by atoms with Crippen molar-refractivity contribution in [2.45, 2.75) is 6.43 Å². The monoisotopic (exact) mass is 180 g/mol. The molecule has 0 radical (unpaired) electrons. The SMILES string of the molecule is Nc1nc(F)cc(C(F)F)c1F. The molecule has 0 aromatic carbocycles. The molecule has 66 valence electrons. The summed E-state index contributed by atoms with van der Waals surface area (Å²) < 4.78 is 48.7. The molecule has 0 bridgehead atoms. The molecule has 0 aliphatic carbocycles. The molecule has 6 heteroatoms. The van der Waals surface area contributed by atoms with Crippen molar-refractivity contribution in [3.05, 3.63) is 23.4 Å². The first kappa shape index (κ1) is 8.76. The zero-order valence-electron chi connectivity index (χ0n) is 5.69. The average Bonchev–Trinajstić information content (AvgIpc) is 1.96. The third-order valence-electron chi connectivity index (χ3n) is 1.22. The van der Waals surface area contributed by atoms with Crippen molar-refractivity contribution >= 4 is 5.82 Å². The normalized spacial score (nSPS) is 10.8. The number of aromatic nitrogens is 1. The molecular weight excluding hydrogens is 176 g/mol. The molecule has 0 saturated carbocycles. The summed E-state index contributed by atoms with van der Waals surface area (Å²) in [6.07, 6.45) is -3.09. The quantitative estimate of drug-likeness (QED) is 0.529. The van der Waals surface area contributed by atoms with E-state index in [4.69, 9.17) is 5.73 Å². The highest BCUT2D eigenvalue weighted by Gasteiger charge is 2.17. The van der Waals surface area contributed by atoms with Gasteiger partial charge in [0, 0.05) is 6.07 Å². The fourth-order valence-corrected chi connectivity index (χ4v) is 0.695. The number of nitrogen functional groups attached to an aromatic ring is 1. The van der Waals surface area contributed by atoms with Crippen molar-refractivity contribution in [3.63, 3.8) is 0 Å². The minimum atomic E-state index is -3.09. The maximum atomic E-state index is 12.6. The van der Waals surface area contributed by atoms with E-state index in [1.807, 2.05) is 0 Å². The standard InChI is InChI=1S/C6H4F4N2/c7-3-1-2(5(9)10)4(8)6(11)12-3/h1,5H,(H2,11,12). The maximum Gasteiger partial charge on any atom is 0.266 e. The van der Waals surface area contributed by atoms with Gasteiger partial charge in [-0.3, -0.25) is 0 Å². The highest BCUT2D eigenvalue weighted by Crippen LogP contribution is 2.24. The molecule has 0 amide bonds. The number of hydrogen-bond donors (Lipinski definition) is 1. The molecule has 0 fully saturated rings. The first-order valence-electron chi connectivity index (χ1n) is 2.92. The Balaban J connectivity index is 3.28. The molecule has 0 unspecified atom stereocenters. The van der Waals surface area contributed by atoms with Crippen molar-refractivity contribution in [3.8, 4) is 0 Å². The summed E-state index contributed by atoms with van der Waals surface area (Å²) in [6.45, 7) is 0. The number of hydrogen-bond acceptors (Lipinski definition) is 2. The summed E-state index contributed by atoms with van der Waals surface area (Å²) in [5.41, 5.74) is 3.73. The molecule has 1 heterocycles. The van der Waals surface area contributed by atoms with Crippen LogP contribution < -0.4 is 5.73 Å². The molecular formula is C6H4F4N2. The lowest BCUT2D eigenvalue weighted by Gasteiger charge is -2.02. The summed E-state index contributed by atoms with van der Waals surface area (Å²) in [5.74, 6) is -3.44. The number of nitrogens with two attached hydrogens (primary N) is 1. The van der Waals surface area contributed by atoms with Crippen LogP contribution in [0.25, 0.3) is 0 Å². The smallest absolute Gasteiger partial charge is 0.266 e. The topological polar surface area (TPSA) is 38.9 Å². The van der Waals surface area contributed by atoms with Gasteiger partial charge in [-0.2, -0.15) is 9.37 Å². The van der Waals surface area contributed by atoms with Crippen LogP contribution in [0.4, 0.5) is 23.4 Å². The van der Waals surface area contributed by atoms with Crippen LogP contribution in [0.1, 0.15) is 12.0 Å². The number of alkyl halides is 2. The predicted molar refractivity (Wildman–Crippen MR) is 33.5 cm³/mol. The van der Waals surface area contributed by atoms with Crippen LogP contribution in [0, 0.1) is 11.8 Å². The molecule has 2 N–H and O–H groups in total. The number of halogens is 4. The maximum absolute atomic E-state index is 12.6. The van der Waals surface area contributed by atoms with E-state index < -0.39 is 29.6 Å². The second kappa shape index (κ2) is 2.96. The zero-order chi connectivity index (χ0) is 9.30. The van der Waals surface area contributed by atoms with E-state index >= 15 is 0 Å². The van der Waals surface area contributed by atoms with E-state index in [-0.39, 0.29) is 0 Å². The minimum absolute atomic E-state index is 0.316. The molecule has 12 heavy (non-hydrogen) atoms. The van der Waals surface area contributed by atoms with Gasteiger partial charge >= 0.3 is 0 Å².